The Kier molecular flexibility index (Phi) is 5.74. The third-order valence-electron chi connectivity index (χ3n) is 4.98. The molecule has 0 unspecified atom stereocenters. The van der Waals surface area contributed by atoms with Gasteiger partial charge in [0.15, 0.2) is 12.4 Å². The first-order valence-corrected chi connectivity index (χ1v) is 9.58. The Labute approximate surface area is 175 Å². The number of piperidine rings is 1. The molecule has 3 heterocycles. The number of hydrogen-bond donors (Lipinski definition) is 0. The van der Waals surface area contributed by atoms with E-state index < -0.39 is 4.92 Å². The van der Waals surface area contributed by atoms with Crippen LogP contribution in [0.15, 0.2) is 51.5 Å². The van der Waals surface area contributed by atoms with Crippen molar-refractivity contribution in [1.82, 2.24) is 15.1 Å². The number of esters is 1. The minimum absolute atomic E-state index is 0.0469. The number of rotatable bonds is 6. The number of carbonyl (C=O) groups is 2. The van der Waals surface area contributed by atoms with Crippen LogP contribution in [0.1, 0.15) is 29.3 Å². The van der Waals surface area contributed by atoms with Gasteiger partial charge in [0, 0.05) is 30.8 Å². The Hall–Kier alpha value is -4.02. The molecule has 160 valence electrons. The van der Waals surface area contributed by atoms with E-state index in [0.717, 1.165) is 0 Å². The standard InChI is InChI=1S/C20H18N4O7/c25-19(16-2-1-11-29-16)23-9-7-14(8-10-23)20(26)30-12-17-21-22-18(31-17)13-3-5-15(6-4-13)24(27)28/h1-6,11,14H,7-10,12H2. The zero-order valence-electron chi connectivity index (χ0n) is 16.3. The molecule has 0 bridgehead atoms. The summed E-state index contributed by atoms with van der Waals surface area (Å²) in [6.45, 7) is 0.693. The first kappa shape index (κ1) is 20.3. The second-order valence-electron chi connectivity index (χ2n) is 6.96. The first-order chi connectivity index (χ1) is 15.0. The van der Waals surface area contributed by atoms with E-state index in [0.29, 0.717) is 31.5 Å². The molecule has 1 amide bonds. The van der Waals surface area contributed by atoms with E-state index >= 15 is 0 Å². The minimum atomic E-state index is -0.500. The quantitative estimate of drug-likeness (QED) is 0.330. The number of nitro groups is 1. The molecule has 1 aromatic carbocycles. The van der Waals surface area contributed by atoms with Gasteiger partial charge in [0.05, 0.1) is 17.1 Å². The van der Waals surface area contributed by atoms with E-state index in [4.69, 9.17) is 13.6 Å². The van der Waals surface area contributed by atoms with Crippen LogP contribution in [-0.2, 0) is 16.1 Å². The highest BCUT2D eigenvalue weighted by Crippen LogP contribution is 2.23. The number of nitro benzene ring substituents is 1. The molecule has 0 aliphatic carbocycles. The zero-order valence-corrected chi connectivity index (χ0v) is 16.3. The van der Waals surface area contributed by atoms with Crippen LogP contribution in [0.5, 0.6) is 0 Å². The van der Waals surface area contributed by atoms with Gasteiger partial charge in [0.25, 0.3) is 17.5 Å². The van der Waals surface area contributed by atoms with E-state index in [1.165, 1.54) is 30.5 Å². The number of aromatic nitrogens is 2. The van der Waals surface area contributed by atoms with Crippen LogP contribution < -0.4 is 0 Å². The van der Waals surface area contributed by atoms with Crippen molar-refractivity contribution in [2.45, 2.75) is 19.4 Å². The molecule has 2 aromatic heterocycles. The molecule has 11 nitrogen and oxygen atoms in total. The van der Waals surface area contributed by atoms with Gasteiger partial charge < -0.3 is 18.5 Å². The van der Waals surface area contributed by atoms with Crippen LogP contribution in [-0.4, -0.2) is 45.0 Å². The number of ether oxygens (including phenoxy) is 1. The van der Waals surface area contributed by atoms with E-state index in [2.05, 4.69) is 10.2 Å². The third-order valence-corrected chi connectivity index (χ3v) is 4.98. The van der Waals surface area contributed by atoms with E-state index in [9.17, 15) is 19.7 Å². The molecule has 1 aliphatic heterocycles. The largest absolute Gasteiger partial charge is 0.459 e. The summed E-state index contributed by atoms with van der Waals surface area (Å²) in [6, 6.07) is 8.93. The predicted molar refractivity (Wildman–Crippen MR) is 104 cm³/mol. The van der Waals surface area contributed by atoms with Crippen LogP contribution in [0, 0.1) is 16.0 Å². The van der Waals surface area contributed by atoms with Crippen LogP contribution in [0.4, 0.5) is 5.69 Å². The van der Waals surface area contributed by atoms with Crippen molar-refractivity contribution in [3.05, 3.63) is 64.4 Å². The third kappa shape index (κ3) is 4.60. The fraction of sp³-hybridized carbons (Fsp3) is 0.300. The van der Waals surface area contributed by atoms with Gasteiger partial charge in [-0.2, -0.15) is 0 Å². The van der Waals surface area contributed by atoms with Crippen LogP contribution in [0.2, 0.25) is 0 Å². The lowest BCUT2D eigenvalue weighted by Crippen LogP contribution is -2.40. The van der Waals surface area contributed by atoms with Gasteiger partial charge in [0.2, 0.25) is 5.89 Å². The average Bonchev–Trinajstić information content (AvgIpc) is 3.49. The molecule has 0 radical (unpaired) electrons. The molecular formula is C20H18N4O7. The summed E-state index contributed by atoms with van der Waals surface area (Å²) in [5, 5.41) is 18.4. The summed E-state index contributed by atoms with van der Waals surface area (Å²) in [5.74, 6) is -0.335. The summed E-state index contributed by atoms with van der Waals surface area (Å²) in [4.78, 5) is 36.5. The van der Waals surface area contributed by atoms with E-state index in [1.54, 1.807) is 17.0 Å². The first-order valence-electron chi connectivity index (χ1n) is 9.58. The van der Waals surface area contributed by atoms with Crippen LogP contribution >= 0.6 is 0 Å². The van der Waals surface area contributed by atoms with Crippen molar-refractivity contribution in [2.75, 3.05) is 13.1 Å². The van der Waals surface area contributed by atoms with Gasteiger partial charge in [0.1, 0.15) is 0 Å². The Balaban J connectivity index is 1.27. The smallest absolute Gasteiger partial charge is 0.309 e. The van der Waals surface area contributed by atoms with Crippen molar-refractivity contribution < 1.29 is 28.1 Å². The molecule has 1 aliphatic rings. The van der Waals surface area contributed by atoms with Gasteiger partial charge in [-0.15, -0.1) is 10.2 Å². The normalized spacial score (nSPS) is 14.4. The highest BCUT2D eigenvalue weighted by Gasteiger charge is 2.30. The number of likely N-dealkylation sites (tertiary alicyclic amines) is 1. The van der Waals surface area contributed by atoms with Gasteiger partial charge in [-0.3, -0.25) is 19.7 Å². The highest BCUT2D eigenvalue weighted by atomic mass is 16.6. The Morgan fingerprint density at radius 3 is 2.55 bits per heavy atom. The molecule has 0 spiro atoms. The number of benzene rings is 1. The van der Waals surface area contributed by atoms with E-state index in [-0.39, 0.29) is 47.6 Å². The van der Waals surface area contributed by atoms with Crippen molar-refractivity contribution >= 4 is 17.6 Å². The van der Waals surface area contributed by atoms with Crippen LogP contribution in [0.25, 0.3) is 11.5 Å². The number of carbonyl (C=O) groups excluding carboxylic acids is 2. The number of furan rings is 1. The van der Waals surface area contributed by atoms with Gasteiger partial charge >= 0.3 is 5.97 Å². The molecule has 1 saturated heterocycles. The van der Waals surface area contributed by atoms with Crippen molar-refractivity contribution in [2.24, 2.45) is 5.92 Å². The van der Waals surface area contributed by atoms with Gasteiger partial charge in [-0.05, 0) is 37.1 Å². The molecule has 3 aromatic rings. The molecule has 1 fully saturated rings. The monoisotopic (exact) mass is 426 g/mol. The lowest BCUT2D eigenvalue weighted by Gasteiger charge is -2.30. The van der Waals surface area contributed by atoms with Crippen LogP contribution in [0.3, 0.4) is 0 Å². The summed E-state index contributed by atoms with van der Waals surface area (Å²) >= 11 is 0. The Morgan fingerprint density at radius 2 is 1.90 bits per heavy atom. The average molecular weight is 426 g/mol. The number of non-ortho nitro benzene ring substituents is 1. The highest BCUT2D eigenvalue weighted by molar-refractivity contribution is 5.91. The summed E-state index contributed by atoms with van der Waals surface area (Å²) in [6.07, 6.45) is 2.42. The van der Waals surface area contributed by atoms with Crippen molar-refractivity contribution in [3.63, 3.8) is 0 Å². The molecule has 0 N–H and O–H groups in total. The zero-order chi connectivity index (χ0) is 21.8. The lowest BCUT2D eigenvalue weighted by molar-refractivity contribution is -0.384. The summed E-state index contributed by atoms with van der Waals surface area (Å²) in [5.41, 5.74) is 0.471. The molecular weight excluding hydrogens is 408 g/mol. The van der Waals surface area contributed by atoms with Crippen molar-refractivity contribution in [3.8, 4) is 11.5 Å². The topological polar surface area (TPSA) is 142 Å². The molecule has 4 rings (SSSR count). The second-order valence-corrected chi connectivity index (χ2v) is 6.96. The summed E-state index contributed by atoms with van der Waals surface area (Å²) < 4.78 is 15.9. The molecule has 0 saturated carbocycles. The Bertz CT molecular complexity index is 1070. The Morgan fingerprint density at radius 1 is 1.16 bits per heavy atom. The molecule has 31 heavy (non-hydrogen) atoms. The number of amides is 1. The maximum absolute atomic E-state index is 12.4. The fourth-order valence-corrected chi connectivity index (χ4v) is 3.28. The second kappa shape index (κ2) is 8.78. The minimum Gasteiger partial charge on any atom is -0.459 e. The summed E-state index contributed by atoms with van der Waals surface area (Å²) in [7, 11) is 0. The molecule has 11 heteroatoms. The SMILES string of the molecule is O=C(OCc1nnc(-c2ccc([N+](=O)[O-])cc2)o1)C1CCN(C(=O)c2ccco2)CC1. The lowest BCUT2D eigenvalue weighted by atomic mass is 9.97. The maximum atomic E-state index is 12.4. The van der Waals surface area contributed by atoms with Gasteiger partial charge in [-0.25, -0.2) is 0 Å². The van der Waals surface area contributed by atoms with Crippen molar-refractivity contribution in [1.29, 1.82) is 0 Å². The van der Waals surface area contributed by atoms with Gasteiger partial charge in [-0.1, -0.05) is 0 Å². The number of hydrogen-bond acceptors (Lipinski definition) is 9. The predicted octanol–water partition coefficient (Wildman–Crippen LogP) is 2.83. The maximum Gasteiger partial charge on any atom is 0.309 e. The molecule has 0 atom stereocenters. The van der Waals surface area contributed by atoms with E-state index in [1.807, 2.05) is 0 Å². The fourth-order valence-electron chi connectivity index (χ4n) is 3.28. The number of nitrogens with zero attached hydrogens (tertiary/aromatic N) is 4.